The summed E-state index contributed by atoms with van der Waals surface area (Å²) in [5.74, 6) is -3.09. The molecule has 7 rings (SSSR count). The fourth-order valence-corrected chi connectivity index (χ4v) is 9.06. The smallest absolute Gasteiger partial charge is 0.325 e. The number of carbonyl (C=O) groups is 5. The molecule has 1 aliphatic rings. The predicted molar refractivity (Wildman–Crippen MR) is 283 cm³/mol. The summed E-state index contributed by atoms with van der Waals surface area (Å²) in [5.41, 5.74) is 6.42. The Balaban J connectivity index is 1.17. The highest BCUT2D eigenvalue weighted by Gasteiger charge is 2.40. The SMILES string of the molecule is CC(=O)OC(C)c1ccc2ccc(C=CC(C)(C)C(=O)NC(C(=O)NC(Cc3cn(C(c4ccccc4)(c4ccccc4)c4ccccc4)cn3)C(=O)N3CCCC(C(=O)OCC(Cl)(Cl)Cl)N3)C(C)C)cc2n1. The van der Waals surface area contributed by atoms with Crippen molar-refractivity contribution in [3.8, 4) is 0 Å². The summed E-state index contributed by atoms with van der Waals surface area (Å²) in [5, 5.41) is 8.13. The largest absolute Gasteiger partial charge is 0.460 e. The molecule has 4 aromatic carbocycles. The van der Waals surface area contributed by atoms with Crippen LogP contribution in [0.2, 0.25) is 0 Å². The van der Waals surface area contributed by atoms with Crippen molar-refractivity contribution < 1.29 is 33.4 Å². The van der Waals surface area contributed by atoms with Gasteiger partial charge < -0.3 is 24.7 Å². The quantitative estimate of drug-likeness (QED) is 0.0428. The van der Waals surface area contributed by atoms with Gasteiger partial charge in [0.1, 0.15) is 36.4 Å². The van der Waals surface area contributed by atoms with Crippen LogP contribution in [0.5, 0.6) is 0 Å². The number of hydrogen-bond donors (Lipinski definition) is 3. The maximum absolute atomic E-state index is 14.8. The molecule has 3 amide bonds. The second-order valence-electron chi connectivity index (χ2n) is 19.1. The van der Waals surface area contributed by atoms with Crippen LogP contribution in [-0.4, -0.2) is 84.3 Å². The van der Waals surface area contributed by atoms with Gasteiger partial charge in [-0.3, -0.25) is 29.0 Å². The number of carbonyl (C=O) groups excluding carboxylic acids is 5. The molecule has 73 heavy (non-hydrogen) atoms. The zero-order valence-corrected chi connectivity index (χ0v) is 43.8. The Hall–Kier alpha value is -6.58. The zero-order chi connectivity index (χ0) is 52.5. The molecule has 1 saturated heterocycles. The number of fused-ring (bicyclic) bond motifs is 1. The number of imidazole rings is 1. The van der Waals surface area contributed by atoms with Crippen molar-refractivity contribution in [3.63, 3.8) is 0 Å². The number of hydrogen-bond acceptors (Lipinski definition) is 10. The number of amides is 3. The van der Waals surface area contributed by atoms with Crippen LogP contribution in [0, 0.1) is 11.3 Å². The first-order valence-electron chi connectivity index (χ1n) is 24.1. The van der Waals surface area contributed by atoms with Gasteiger partial charge in [-0.05, 0) is 73.9 Å². The summed E-state index contributed by atoms with van der Waals surface area (Å²) in [7, 11) is 0. The topological polar surface area (TPSA) is 174 Å². The minimum absolute atomic E-state index is 0.0651. The lowest BCUT2D eigenvalue weighted by Crippen LogP contribution is -2.62. The molecule has 4 unspecified atom stereocenters. The van der Waals surface area contributed by atoms with Crippen LogP contribution < -0.4 is 16.1 Å². The van der Waals surface area contributed by atoms with Gasteiger partial charge in [0.25, 0.3) is 5.91 Å². The van der Waals surface area contributed by atoms with Gasteiger partial charge in [0, 0.05) is 31.5 Å². The maximum Gasteiger partial charge on any atom is 0.325 e. The standard InChI is InChI=1S/C56H60Cl3N7O7/c1-36(2)49(63-53(71)54(5,6)29-28-39-24-25-40-26-27-45(61-47(40)31-39)37(3)73-38(4)67)50(68)62-48(51(69)66-30-16-23-46(64-66)52(70)72-34-55(57,58)59)32-44-33-65(35-60-44)56(41-17-10-7-11-18-41,42-19-12-8-13-20-42)43-21-14-9-15-22-43/h7-15,17-22,24-29,31,33,35-37,46,48-49,64H,16,23,30,32,34H2,1-6H3,(H,62,68)(H,63,71). The molecule has 0 bridgehead atoms. The van der Waals surface area contributed by atoms with Crippen molar-refractivity contribution in [2.24, 2.45) is 11.3 Å². The van der Waals surface area contributed by atoms with Crippen molar-refractivity contribution >= 4 is 81.4 Å². The van der Waals surface area contributed by atoms with E-state index < -0.39 is 81.2 Å². The minimum Gasteiger partial charge on any atom is -0.460 e. The van der Waals surface area contributed by atoms with E-state index in [2.05, 4.69) is 52.5 Å². The monoisotopic (exact) mass is 1050 g/mol. The number of halogens is 3. The average Bonchev–Trinajstić information content (AvgIpc) is 3.84. The van der Waals surface area contributed by atoms with E-state index in [9.17, 15) is 24.0 Å². The average molecular weight is 1050 g/mol. The molecule has 0 aliphatic carbocycles. The molecule has 6 aromatic rings. The Morgan fingerprint density at radius 1 is 0.836 bits per heavy atom. The lowest BCUT2D eigenvalue weighted by Gasteiger charge is -2.37. The minimum atomic E-state index is -1.83. The fraction of sp³-hybridized carbons (Fsp3) is 0.339. The third kappa shape index (κ3) is 13.3. The van der Waals surface area contributed by atoms with Crippen LogP contribution in [-0.2, 0) is 45.4 Å². The third-order valence-corrected chi connectivity index (χ3v) is 13.1. The summed E-state index contributed by atoms with van der Waals surface area (Å²) in [6.07, 6.45) is 7.35. The van der Waals surface area contributed by atoms with Crippen LogP contribution in [0.25, 0.3) is 17.0 Å². The van der Waals surface area contributed by atoms with Gasteiger partial charge in [-0.2, -0.15) is 0 Å². The second-order valence-corrected chi connectivity index (χ2v) is 21.6. The molecule has 3 N–H and O–H groups in total. The zero-order valence-electron chi connectivity index (χ0n) is 41.6. The number of rotatable bonds is 18. The van der Waals surface area contributed by atoms with Crippen molar-refractivity contribution in [1.29, 1.82) is 0 Å². The number of nitrogens with zero attached hydrogens (tertiary/aromatic N) is 4. The van der Waals surface area contributed by atoms with Gasteiger partial charge in [0.2, 0.25) is 15.6 Å². The van der Waals surface area contributed by atoms with E-state index in [1.165, 1.54) is 11.9 Å². The summed E-state index contributed by atoms with van der Waals surface area (Å²) < 4.78 is 10.8. The number of alkyl halides is 3. The molecular formula is C56H60Cl3N7O7. The highest BCUT2D eigenvalue weighted by molar-refractivity contribution is 6.67. The van der Waals surface area contributed by atoms with Gasteiger partial charge in [-0.15, -0.1) is 0 Å². The van der Waals surface area contributed by atoms with E-state index in [1.807, 2.05) is 102 Å². The van der Waals surface area contributed by atoms with E-state index >= 15 is 0 Å². The summed E-state index contributed by atoms with van der Waals surface area (Å²) >= 11 is 17.6. The number of benzene rings is 4. The summed E-state index contributed by atoms with van der Waals surface area (Å²) in [6, 6.07) is 36.4. The first-order chi connectivity index (χ1) is 34.7. The van der Waals surface area contributed by atoms with Gasteiger partial charge >= 0.3 is 11.9 Å². The molecule has 1 fully saturated rings. The summed E-state index contributed by atoms with van der Waals surface area (Å²) in [6.45, 7) is 9.92. The number of aromatic nitrogens is 3. The van der Waals surface area contributed by atoms with Crippen LogP contribution >= 0.6 is 34.8 Å². The van der Waals surface area contributed by atoms with Gasteiger partial charge in [-0.1, -0.05) is 170 Å². The first kappa shape index (κ1) is 54.2. The fourth-order valence-electron chi connectivity index (χ4n) is 8.90. The highest BCUT2D eigenvalue weighted by atomic mass is 35.6. The van der Waals surface area contributed by atoms with Gasteiger partial charge in [0.05, 0.1) is 28.6 Å². The number of esters is 2. The van der Waals surface area contributed by atoms with Crippen molar-refractivity contribution in [3.05, 3.63) is 174 Å². The van der Waals surface area contributed by atoms with Crippen LogP contribution in [0.15, 0.2) is 140 Å². The molecule has 17 heteroatoms. The Labute approximate surface area is 440 Å². The number of pyridine rings is 1. The van der Waals surface area contributed by atoms with E-state index in [4.69, 9.17) is 54.2 Å². The molecule has 14 nitrogen and oxygen atoms in total. The van der Waals surface area contributed by atoms with Crippen molar-refractivity contribution in [1.82, 2.24) is 35.6 Å². The highest BCUT2D eigenvalue weighted by Crippen LogP contribution is 2.41. The molecule has 0 radical (unpaired) electrons. The third-order valence-electron chi connectivity index (χ3n) is 12.8. The van der Waals surface area contributed by atoms with E-state index in [0.717, 1.165) is 27.6 Å². The maximum atomic E-state index is 14.8. The van der Waals surface area contributed by atoms with E-state index in [1.54, 1.807) is 47.0 Å². The lowest BCUT2D eigenvalue weighted by molar-refractivity contribution is -0.153. The predicted octanol–water partition coefficient (Wildman–Crippen LogP) is 9.21. The normalized spacial score (nSPS) is 15.6. The molecule has 3 heterocycles. The molecular weight excluding hydrogens is 989 g/mol. The molecule has 4 atom stereocenters. The Morgan fingerprint density at radius 2 is 1.44 bits per heavy atom. The molecule has 2 aromatic heterocycles. The van der Waals surface area contributed by atoms with Crippen molar-refractivity contribution in [2.45, 2.75) is 94.4 Å². The number of hydrazine groups is 1. The van der Waals surface area contributed by atoms with Gasteiger partial charge in [-0.25, -0.2) is 15.4 Å². The van der Waals surface area contributed by atoms with E-state index in [0.29, 0.717) is 29.7 Å². The van der Waals surface area contributed by atoms with Gasteiger partial charge in [0.15, 0.2) is 0 Å². The first-order valence-corrected chi connectivity index (χ1v) is 25.3. The van der Waals surface area contributed by atoms with Crippen molar-refractivity contribution in [2.75, 3.05) is 13.2 Å². The molecule has 0 spiro atoms. The second kappa shape index (κ2) is 23.5. The van der Waals surface area contributed by atoms with Crippen LogP contribution in [0.1, 0.15) is 94.1 Å². The van der Waals surface area contributed by atoms with E-state index in [-0.39, 0.29) is 13.0 Å². The van der Waals surface area contributed by atoms with Crippen LogP contribution in [0.4, 0.5) is 0 Å². The molecule has 1 aliphatic heterocycles. The number of ether oxygens (including phenoxy) is 2. The van der Waals surface area contributed by atoms with Crippen LogP contribution in [0.3, 0.4) is 0 Å². The summed E-state index contributed by atoms with van der Waals surface area (Å²) in [4.78, 5) is 78.0. The molecule has 382 valence electrons. The lowest BCUT2D eigenvalue weighted by atomic mass is 9.77. The Kier molecular flexibility index (Phi) is 17.5. The number of nitrogens with one attached hydrogen (secondary N) is 3. The Bertz CT molecular complexity index is 2830. The Morgan fingerprint density at radius 3 is 2.01 bits per heavy atom. The molecule has 0 saturated carbocycles.